The average molecular weight is 257 g/mol. The highest BCUT2D eigenvalue weighted by molar-refractivity contribution is 5.48. The van der Waals surface area contributed by atoms with Gasteiger partial charge in [-0.05, 0) is 42.3 Å². The number of benzene rings is 2. The van der Waals surface area contributed by atoms with E-state index in [0.717, 1.165) is 17.0 Å². The van der Waals surface area contributed by atoms with E-state index in [9.17, 15) is 5.11 Å². The largest absolute Gasteiger partial charge is 0.497 e. The minimum atomic E-state index is -0.142. The smallest absolute Gasteiger partial charge is 0.119 e. The van der Waals surface area contributed by atoms with Crippen LogP contribution in [0.1, 0.15) is 17.2 Å². The molecule has 1 unspecified atom stereocenters. The van der Waals surface area contributed by atoms with Gasteiger partial charge in [0.15, 0.2) is 0 Å². The molecule has 100 valence electrons. The fraction of sp³-hybridized carbons (Fsp3) is 0.250. The molecule has 0 radical (unpaired) electrons. The minimum Gasteiger partial charge on any atom is -0.497 e. The molecule has 3 nitrogen and oxygen atoms in total. The van der Waals surface area contributed by atoms with Gasteiger partial charge in [0.05, 0.1) is 19.8 Å². The summed E-state index contributed by atoms with van der Waals surface area (Å²) in [4.78, 5) is 0. The number of anilines is 1. The zero-order chi connectivity index (χ0) is 13.7. The highest BCUT2D eigenvalue weighted by Gasteiger charge is 2.10. The van der Waals surface area contributed by atoms with Crippen molar-refractivity contribution < 1.29 is 9.84 Å². The molecule has 3 heteroatoms. The Morgan fingerprint density at radius 1 is 1.16 bits per heavy atom. The van der Waals surface area contributed by atoms with Gasteiger partial charge in [-0.3, -0.25) is 0 Å². The van der Waals surface area contributed by atoms with Crippen molar-refractivity contribution in [3.05, 3.63) is 59.7 Å². The number of hydrogen-bond donors (Lipinski definition) is 2. The summed E-state index contributed by atoms with van der Waals surface area (Å²) in [6, 6.07) is 15.7. The highest BCUT2D eigenvalue weighted by atomic mass is 16.5. The Labute approximate surface area is 113 Å². The van der Waals surface area contributed by atoms with E-state index in [-0.39, 0.29) is 12.6 Å². The quantitative estimate of drug-likeness (QED) is 0.864. The van der Waals surface area contributed by atoms with Gasteiger partial charge < -0.3 is 15.2 Å². The molecule has 0 aliphatic heterocycles. The van der Waals surface area contributed by atoms with Crippen molar-refractivity contribution in [1.82, 2.24) is 0 Å². The highest BCUT2D eigenvalue weighted by Crippen LogP contribution is 2.23. The Balaban J connectivity index is 2.19. The number of hydrogen-bond acceptors (Lipinski definition) is 3. The standard InChI is InChI=1S/C16H19NO2/c1-12-5-3-7-14(9-12)17-16(11-18)13-6-4-8-15(10-13)19-2/h3-10,16-18H,11H2,1-2H3. The molecule has 0 heterocycles. The van der Waals surface area contributed by atoms with E-state index in [0.29, 0.717) is 0 Å². The zero-order valence-corrected chi connectivity index (χ0v) is 11.3. The molecule has 0 spiro atoms. The Morgan fingerprint density at radius 2 is 1.95 bits per heavy atom. The molecule has 2 aromatic rings. The lowest BCUT2D eigenvalue weighted by atomic mass is 10.1. The second kappa shape index (κ2) is 6.25. The van der Waals surface area contributed by atoms with Crippen molar-refractivity contribution >= 4 is 5.69 Å². The van der Waals surface area contributed by atoms with Crippen molar-refractivity contribution in [2.75, 3.05) is 19.0 Å². The van der Waals surface area contributed by atoms with E-state index in [1.54, 1.807) is 7.11 Å². The van der Waals surface area contributed by atoms with Gasteiger partial charge in [-0.25, -0.2) is 0 Å². The average Bonchev–Trinajstić information content (AvgIpc) is 2.45. The lowest BCUT2D eigenvalue weighted by Crippen LogP contribution is -2.14. The second-order valence-electron chi connectivity index (χ2n) is 4.53. The fourth-order valence-electron chi connectivity index (χ4n) is 2.03. The Hall–Kier alpha value is -2.00. The van der Waals surface area contributed by atoms with Gasteiger partial charge >= 0.3 is 0 Å². The predicted octanol–water partition coefficient (Wildman–Crippen LogP) is 3.15. The molecule has 0 bridgehead atoms. The molecule has 19 heavy (non-hydrogen) atoms. The number of aliphatic hydroxyl groups excluding tert-OH is 1. The maximum absolute atomic E-state index is 9.57. The van der Waals surface area contributed by atoms with Gasteiger partial charge in [-0.15, -0.1) is 0 Å². The third-order valence-corrected chi connectivity index (χ3v) is 3.04. The lowest BCUT2D eigenvalue weighted by molar-refractivity contribution is 0.276. The van der Waals surface area contributed by atoms with Crippen LogP contribution in [0.25, 0.3) is 0 Å². The van der Waals surface area contributed by atoms with Crippen LogP contribution in [-0.2, 0) is 0 Å². The SMILES string of the molecule is COc1cccc(C(CO)Nc2cccc(C)c2)c1. The van der Waals surface area contributed by atoms with E-state index < -0.39 is 0 Å². The van der Waals surface area contributed by atoms with Crippen LogP contribution in [-0.4, -0.2) is 18.8 Å². The van der Waals surface area contributed by atoms with Crippen LogP contribution >= 0.6 is 0 Å². The third-order valence-electron chi connectivity index (χ3n) is 3.04. The molecular formula is C16H19NO2. The first-order valence-electron chi connectivity index (χ1n) is 6.31. The van der Waals surface area contributed by atoms with Gasteiger partial charge in [-0.2, -0.15) is 0 Å². The van der Waals surface area contributed by atoms with E-state index in [2.05, 4.69) is 11.4 Å². The zero-order valence-electron chi connectivity index (χ0n) is 11.3. The summed E-state index contributed by atoms with van der Waals surface area (Å²) in [6.07, 6.45) is 0. The summed E-state index contributed by atoms with van der Waals surface area (Å²) < 4.78 is 5.21. The number of aryl methyl sites for hydroxylation is 1. The monoisotopic (exact) mass is 257 g/mol. The van der Waals surface area contributed by atoms with Gasteiger partial charge in [0.2, 0.25) is 0 Å². The van der Waals surface area contributed by atoms with Gasteiger partial charge in [0.1, 0.15) is 5.75 Å². The number of ether oxygens (including phenoxy) is 1. The molecule has 0 amide bonds. The first kappa shape index (κ1) is 13.4. The molecule has 0 aliphatic rings. The van der Waals surface area contributed by atoms with Gasteiger partial charge in [-0.1, -0.05) is 24.3 Å². The summed E-state index contributed by atoms with van der Waals surface area (Å²) in [5, 5.41) is 12.9. The molecule has 1 atom stereocenters. The molecule has 2 N–H and O–H groups in total. The molecular weight excluding hydrogens is 238 g/mol. The molecule has 0 saturated heterocycles. The van der Waals surface area contributed by atoms with Crippen LogP contribution in [0.4, 0.5) is 5.69 Å². The van der Waals surface area contributed by atoms with Crippen LogP contribution in [0.15, 0.2) is 48.5 Å². The maximum Gasteiger partial charge on any atom is 0.119 e. The molecule has 0 saturated carbocycles. The van der Waals surface area contributed by atoms with Crippen LogP contribution in [0.3, 0.4) is 0 Å². The number of nitrogens with one attached hydrogen (secondary N) is 1. The maximum atomic E-state index is 9.57. The van der Waals surface area contributed by atoms with Crippen molar-refractivity contribution in [3.63, 3.8) is 0 Å². The summed E-state index contributed by atoms with van der Waals surface area (Å²) in [7, 11) is 1.64. The first-order chi connectivity index (χ1) is 9.22. The van der Waals surface area contributed by atoms with Gasteiger partial charge in [0, 0.05) is 5.69 Å². The Bertz CT molecular complexity index is 540. The van der Waals surface area contributed by atoms with Crippen LogP contribution in [0.5, 0.6) is 5.75 Å². The topological polar surface area (TPSA) is 41.5 Å². The van der Waals surface area contributed by atoms with E-state index in [1.807, 2.05) is 49.4 Å². The minimum absolute atomic E-state index is 0.0289. The summed E-state index contributed by atoms with van der Waals surface area (Å²) in [5.74, 6) is 0.794. The Morgan fingerprint density at radius 3 is 2.63 bits per heavy atom. The molecule has 0 aromatic heterocycles. The molecule has 0 aliphatic carbocycles. The van der Waals surface area contributed by atoms with E-state index >= 15 is 0 Å². The van der Waals surface area contributed by atoms with Crippen molar-refractivity contribution in [2.45, 2.75) is 13.0 Å². The van der Waals surface area contributed by atoms with Crippen molar-refractivity contribution in [3.8, 4) is 5.75 Å². The second-order valence-corrected chi connectivity index (χ2v) is 4.53. The molecule has 2 aromatic carbocycles. The summed E-state index contributed by atoms with van der Waals surface area (Å²) in [6.45, 7) is 2.08. The van der Waals surface area contributed by atoms with Crippen molar-refractivity contribution in [1.29, 1.82) is 0 Å². The van der Waals surface area contributed by atoms with Crippen LogP contribution < -0.4 is 10.1 Å². The van der Waals surface area contributed by atoms with Crippen LogP contribution in [0.2, 0.25) is 0 Å². The van der Waals surface area contributed by atoms with Crippen LogP contribution in [0, 0.1) is 6.92 Å². The summed E-state index contributed by atoms with van der Waals surface area (Å²) >= 11 is 0. The number of rotatable bonds is 5. The lowest BCUT2D eigenvalue weighted by Gasteiger charge is -2.19. The third kappa shape index (κ3) is 3.48. The first-order valence-corrected chi connectivity index (χ1v) is 6.31. The van der Waals surface area contributed by atoms with Gasteiger partial charge in [0.25, 0.3) is 0 Å². The molecule has 0 fully saturated rings. The normalized spacial score (nSPS) is 11.9. The summed E-state index contributed by atoms with van der Waals surface area (Å²) in [5.41, 5.74) is 3.19. The Kier molecular flexibility index (Phi) is 4.42. The van der Waals surface area contributed by atoms with E-state index in [4.69, 9.17) is 4.74 Å². The fourth-order valence-corrected chi connectivity index (χ4v) is 2.03. The van der Waals surface area contributed by atoms with E-state index in [1.165, 1.54) is 5.56 Å². The number of methoxy groups -OCH3 is 1. The molecule has 2 rings (SSSR count). The predicted molar refractivity (Wildman–Crippen MR) is 77.6 cm³/mol. The van der Waals surface area contributed by atoms with Crippen molar-refractivity contribution in [2.24, 2.45) is 0 Å². The number of aliphatic hydroxyl groups is 1.